The van der Waals surface area contributed by atoms with E-state index < -0.39 is 34.9 Å². The number of carbonyl (C=O) groups is 1. The number of aryl methyl sites for hydroxylation is 1. The summed E-state index contributed by atoms with van der Waals surface area (Å²) >= 11 is 0. The average Bonchev–Trinajstić information content (AvgIpc) is 3.20. The largest absolute Gasteiger partial charge is 0.484 e. The third-order valence-corrected chi connectivity index (χ3v) is 3.86. The minimum atomic E-state index is -4.59. The molecule has 0 atom stereocenters. The van der Waals surface area contributed by atoms with Crippen molar-refractivity contribution in [1.82, 2.24) is 20.2 Å². The Labute approximate surface area is 166 Å². The average molecular weight is 422 g/mol. The van der Waals surface area contributed by atoms with Gasteiger partial charge in [0.15, 0.2) is 6.61 Å². The fourth-order valence-electron chi connectivity index (χ4n) is 2.57. The van der Waals surface area contributed by atoms with Gasteiger partial charge in [0.1, 0.15) is 17.6 Å². The van der Waals surface area contributed by atoms with E-state index in [2.05, 4.69) is 25.6 Å². The van der Waals surface area contributed by atoms with Crippen molar-refractivity contribution in [2.75, 3.05) is 11.9 Å². The van der Waals surface area contributed by atoms with Gasteiger partial charge in [-0.15, -0.1) is 5.10 Å². The molecule has 3 aromatic rings. The standard InChI is InChI=1S/C17H13F3N6O4/c1-10-6-11(2-4-14(10)25-9-21-23-24-25)22-16(27)13-7-12(30-8-17(18,19)20)3-5-15(13)26(28)29/h2-7,9H,8H2,1H3,(H,22,27). The molecule has 13 heteroatoms. The van der Waals surface area contributed by atoms with E-state index in [4.69, 9.17) is 0 Å². The number of nitrogens with zero attached hydrogens (tertiary/aromatic N) is 5. The zero-order chi connectivity index (χ0) is 21.9. The highest BCUT2D eigenvalue weighted by atomic mass is 19.4. The molecule has 156 valence electrons. The molecule has 0 aliphatic carbocycles. The number of anilines is 1. The summed E-state index contributed by atoms with van der Waals surface area (Å²) < 4.78 is 43.0. The highest BCUT2D eigenvalue weighted by molar-refractivity contribution is 6.07. The van der Waals surface area contributed by atoms with E-state index in [-0.39, 0.29) is 5.75 Å². The molecule has 2 aromatic carbocycles. The van der Waals surface area contributed by atoms with Crippen LogP contribution in [-0.4, -0.2) is 43.8 Å². The molecule has 0 saturated carbocycles. The van der Waals surface area contributed by atoms with Gasteiger partial charge < -0.3 is 10.1 Å². The number of rotatable bonds is 6. The molecule has 1 aromatic heterocycles. The van der Waals surface area contributed by atoms with Crippen molar-refractivity contribution < 1.29 is 27.6 Å². The van der Waals surface area contributed by atoms with Crippen LogP contribution < -0.4 is 10.1 Å². The first kappa shape index (κ1) is 20.7. The van der Waals surface area contributed by atoms with Gasteiger partial charge in [0.25, 0.3) is 11.6 Å². The van der Waals surface area contributed by atoms with Gasteiger partial charge in [-0.2, -0.15) is 13.2 Å². The molecule has 0 fully saturated rings. The summed E-state index contributed by atoms with van der Waals surface area (Å²) in [6.45, 7) is 0.143. The van der Waals surface area contributed by atoms with Crippen molar-refractivity contribution in [3.8, 4) is 11.4 Å². The molecular formula is C17H13F3N6O4. The summed E-state index contributed by atoms with van der Waals surface area (Å²) in [6, 6.07) is 7.53. The quantitative estimate of drug-likeness (QED) is 0.478. The predicted molar refractivity (Wildman–Crippen MR) is 96.5 cm³/mol. The number of benzene rings is 2. The van der Waals surface area contributed by atoms with Crippen molar-refractivity contribution in [2.45, 2.75) is 13.1 Å². The Morgan fingerprint density at radius 2 is 2.03 bits per heavy atom. The maximum absolute atomic E-state index is 12.6. The first-order valence-electron chi connectivity index (χ1n) is 8.27. The Hall–Kier alpha value is -4.03. The second kappa shape index (κ2) is 8.14. The van der Waals surface area contributed by atoms with Crippen molar-refractivity contribution in [3.63, 3.8) is 0 Å². The Bertz CT molecular complexity index is 1090. The van der Waals surface area contributed by atoms with Gasteiger partial charge >= 0.3 is 6.18 Å². The molecule has 0 unspecified atom stereocenters. The smallest absolute Gasteiger partial charge is 0.422 e. The van der Waals surface area contributed by atoms with Crippen LogP contribution in [0.3, 0.4) is 0 Å². The van der Waals surface area contributed by atoms with Crippen molar-refractivity contribution in [2.24, 2.45) is 0 Å². The van der Waals surface area contributed by atoms with Crippen LogP contribution in [0.2, 0.25) is 0 Å². The van der Waals surface area contributed by atoms with E-state index in [1.54, 1.807) is 19.1 Å². The predicted octanol–water partition coefficient (Wildman–Crippen LogP) is 3.07. The molecule has 0 spiro atoms. The van der Waals surface area contributed by atoms with Crippen molar-refractivity contribution in [3.05, 3.63) is 64.0 Å². The van der Waals surface area contributed by atoms with E-state index in [1.165, 1.54) is 17.1 Å². The van der Waals surface area contributed by atoms with Crippen molar-refractivity contribution in [1.29, 1.82) is 0 Å². The van der Waals surface area contributed by atoms with Crippen LogP contribution in [0, 0.1) is 17.0 Å². The number of ether oxygens (including phenoxy) is 1. The second-order valence-electron chi connectivity index (χ2n) is 6.05. The lowest BCUT2D eigenvalue weighted by molar-refractivity contribution is -0.385. The lowest BCUT2D eigenvalue weighted by Gasteiger charge is -2.12. The molecule has 1 heterocycles. The highest BCUT2D eigenvalue weighted by Gasteiger charge is 2.29. The molecule has 10 nitrogen and oxygen atoms in total. The van der Waals surface area contributed by atoms with Gasteiger partial charge in [0.05, 0.1) is 10.6 Å². The van der Waals surface area contributed by atoms with Gasteiger partial charge in [0.2, 0.25) is 0 Å². The Morgan fingerprint density at radius 1 is 1.27 bits per heavy atom. The normalized spacial score (nSPS) is 11.2. The number of tetrazole rings is 1. The van der Waals surface area contributed by atoms with E-state index in [1.807, 2.05) is 0 Å². The number of nitrogens with one attached hydrogen (secondary N) is 1. The first-order valence-corrected chi connectivity index (χ1v) is 8.27. The van der Waals surface area contributed by atoms with Gasteiger partial charge in [-0.1, -0.05) is 0 Å². The van der Waals surface area contributed by atoms with E-state index in [0.29, 0.717) is 16.9 Å². The first-order chi connectivity index (χ1) is 14.1. The monoisotopic (exact) mass is 422 g/mol. The number of alkyl halides is 3. The topological polar surface area (TPSA) is 125 Å². The van der Waals surface area contributed by atoms with Crippen LogP contribution >= 0.6 is 0 Å². The summed E-state index contributed by atoms with van der Waals surface area (Å²) in [5.74, 6) is -1.21. The van der Waals surface area contributed by atoms with Crippen LogP contribution in [0.25, 0.3) is 5.69 Å². The van der Waals surface area contributed by atoms with Crippen LogP contribution in [0.1, 0.15) is 15.9 Å². The third-order valence-electron chi connectivity index (χ3n) is 3.86. The summed E-state index contributed by atoms with van der Waals surface area (Å²) in [6.07, 6.45) is -3.21. The molecule has 0 aliphatic rings. The molecule has 0 radical (unpaired) electrons. The van der Waals surface area contributed by atoms with Crippen LogP contribution in [0.15, 0.2) is 42.7 Å². The number of hydrogen-bond donors (Lipinski definition) is 1. The van der Waals surface area contributed by atoms with Crippen LogP contribution in [0.5, 0.6) is 5.75 Å². The summed E-state index contributed by atoms with van der Waals surface area (Å²) in [4.78, 5) is 23.0. The minimum Gasteiger partial charge on any atom is -0.484 e. The van der Waals surface area contributed by atoms with Gasteiger partial charge in [-0.05, 0) is 53.2 Å². The lowest BCUT2D eigenvalue weighted by atomic mass is 10.1. The summed E-state index contributed by atoms with van der Waals surface area (Å²) in [7, 11) is 0. The molecule has 0 aliphatic heterocycles. The Morgan fingerprint density at radius 3 is 2.63 bits per heavy atom. The lowest BCUT2D eigenvalue weighted by Crippen LogP contribution is -2.20. The van der Waals surface area contributed by atoms with E-state index in [0.717, 1.165) is 18.2 Å². The maximum atomic E-state index is 12.6. The number of aromatic nitrogens is 4. The SMILES string of the molecule is Cc1cc(NC(=O)c2cc(OCC(F)(F)F)ccc2[N+](=O)[O-])ccc1-n1cnnn1. The van der Waals surface area contributed by atoms with Gasteiger partial charge in [-0.25, -0.2) is 4.68 Å². The molecule has 0 bridgehead atoms. The number of carbonyl (C=O) groups excluding carboxylic acids is 1. The zero-order valence-electron chi connectivity index (χ0n) is 15.3. The van der Waals surface area contributed by atoms with Crippen LogP contribution in [-0.2, 0) is 0 Å². The Balaban J connectivity index is 1.84. The van der Waals surface area contributed by atoms with E-state index >= 15 is 0 Å². The molecule has 0 saturated heterocycles. The summed E-state index contributed by atoms with van der Waals surface area (Å²) in [5, 5.41) is 24.5. The van der Waals surface area contributed by atoms with Crippen molar-refractivity contribution >= 4 is 17.3 Å². The van der Waals surface area contributed by atoms with Crippen LogP contribution in [0.4, 0.5) is 24.5 Å². The minimum absolute atomic E-state index is 0.310. The molecule has 3 rings (SSSR count). The number of amides is 1. The molecular weight excluding hydrogens is 409 g/mol. The fourth-order valence-corrected chi connectivity index (χ4v) is 2.57. The summed E-state index contributed by atoms with van der Waals surface area (Å²) in [5.41, 5.74) is 0.629. The fraction of sp³-hybridized carbons (Fsp3) is 0.176. The number of hydrogen-bond acceptors (Lipinski definition) is 7. The third kappa shape index (κ3) is 4.87. The maximum Gasteiger partial charge on any atom is 0.422 e. The number of halogens is 3. The number of nitro benzene ring substituents is 1. The molecule has 1 N–H and O–H groups in total. The number of nitro groups is 1. The molecule has 1 amide bonds. The highest BCUT2D eigenvalue weighted by Crippen LogP contribution is 2.27. The molecule has 30 heavy (non-hydrogen) atoms. The Kier molecular flexibility index (Phi) is 5.62. The zero-order valence-corrected chi connectivity index (χ0v) is 15.3. The van der Waals surface area contributed by atoms with Gasteiger partial charge in [0, 0.05) is 11.8 Å². The van der Waals surface area contributed by atoms with E-state index in [9.17, 15) is 28.1 Å². The van der Waals surface area contributed by atoms with Gasteiger partial charge in [-0.3, -0.25) is 14.9 Å². The second-order valence-corrected chi connectivity index (χ2v) is 6.05.